The molecule has 0 fully saturated rings. The minimum Gasteiger partial charge on any atom is -0.488 e. The number of benzene rings is 3. The quantitative estimate of drug-likeness (QED) is 0.247. The molecule has 0 spiro atoms. The van der Waals surface area contributed by atoms with Gasteiger partial charge in [0.25, 0.3) is 5.56 Å². The van der Waals surface area contributed by atoms with Crippen LogP contribution in [0.2, 0.25) is 10.0 Å². The topological polar surface area (TPSA) is 69.9 Å². The highest BCUT2D eigenvalue weighted by Gasteiger charge is 2.33. The normalized spacial score (nSPS) is 15.0. The van der Waals surface area contributed by atoms with Gasteiger partial charge in [-0.05, 0) is 50.6 Å². The van der Waals surface area contributed by atoms with E-state index in [2.05, 4.69) is 4.99 Å². The number of para-hydroxylation sites is 1. The van der Waals surface area contributed by atoms with Crippen molar-refractivity contribution in [2.24, 2.45) is 4.99 Å². The minimum absolute atomic E-state index is 0.221. The average Bonchev–Trinajstić information content (AvgIpc) is 3.23. The van der Waals surface area contributed by atoms with Crippen LogP contribution >= 0.6 is 34.5 Å². The van der Waals surface area contributed by atoms with Crippen molar-refractivity contribution in [2.75, 3.05) is 6.61 Å². The molecule has 2 heterocycles. The van der Waals surface area contributed by atoms with E-state index < -0.39 is 12.0 Å². The second-order valence-electron chi connectivity index (χ2n) is 9.28. The van der Waals surface area contributed by atoms with Crippen molar-refractivity contribution in [2.45, 2.75) is 33.4 Å². The lowest BCUT2D eigenvalue weighted by Crippen LogP contribution is -2.39. The van der Waals surface area contributed by atoms with Gasteiger partial charge in [0, 0.05) is 21.2 Å². The van der Waals surface area contributed by atoms with E-state index in [1.165, 1.54) is 11.3 Å². The van der Waals surface area contributed by atoms with E-state index in [9.17, 15) is 9.59 Å². The summed E-state index contributed by atoms with van der Waals surface area (Å²) in [5, 5.41) is 1.07. The number of fused-ring (bicyclic) bond motifs is 1. The van der Waals surface area contributed by atoms with Crippen molar-refractivity contribution in [3.63, 3.8) is 0 Å². The smallest absolute Gasteiger partial charge is 0.338 e. The highest BCUT2D eigenvalue weighted by molar-refractivity contribution is 7.07. The van der Waals surface area contributed by atoms with Crippen molar-refractivity contribution in [1.82, 2.24) is 4.57 Å². The van der Waals surface area contributed by atoms with Crippen molar-refractivity contribution >= 4 is 46.6 Å². The van der Waals surface area contributed by atoms with Crippen molar-refractivity contribution in [1.29, 1.82) is 0 Å². The highest BCUT2D eigenvalue weighted by Crippen LogP contribution is 2.31. The van der Waals surface area contributed by atoms with E-state index in [1.807, 2.05) is 61.5 Å². The minimum atomic E-state index is -0.656. The van der Waals surface area contributed by atoms with Gasteiger partial charge in [0.15, 0.2) is 4.80 Å². The first-order chi connectivity index (χ1) is 19.3. The van der Waals surface area contributed by atoms with Crippen LogP contribution in [0.15, 0.2) is 87.8 Å². The number of carbonyl (C=O) groups excluding carboxylic acids is 1. The molecule has 204 valence electrons. The van der Waals surface area contributed by atoms with E-state index in [-0.39, 0.29) is 18.8 Å². The number of ether oxygens (including phenoxy) is 2. The predicted molar refractivity (Wildman–Crippen MR) is 159 cm³/mol. The first kappa shape index (κ1) is 27.9. The Morgan fingerprint density at radius 3 is 2.55 bits per heavy atom. The first-order valence-electron chi connectivity index (χ1n) is 12.7. The third-order valence-electron chi connectivity index (χ3n) is 6.51. The van der Waals surface area contributed by atoms with Crippen LogP contribution in [0, 0.1) is 6.92 Å². The molecule has 0 amide bonds. The van der Waals surface area contributed by atoms with Crippen LogP contribution in [-0.2, 0) is 16.1 Å². The Morgan fingerprint density at radius 2 is 1.82 bits per heavy atom. The second-order valence-corrected chi connectivity index (χ2v) is 11.1. The zero-order valence-electron chi connectivity index (χ0n) is 22.1. The van der Waals surface area contributed by atoms with Crippen LogP contribution in [0.5, 0.6) is 5.75 Å². The molecule has 6 nitrogen and oxygen atoms in total. The predicted octanol–water partition coefficient (Wildman–Crippen LogP) is 5.99. The van der Waals surface area contributed by atoms with Crippen LogP contribution in [0.3, 0.4) is 0 Å². The van der Waals surface area contributed by atoms with Gasteiger partial charge in [-0.3, -0.25) is 9.36 Å². The fourth-order valence-electron chi connectivity index (χ4n) is 4.52. The molecule has 0 radical (unpaired) electrons. The summed E-state index contributed by atoms with van der Waals surface area (Å²) in [6.45, 7) is 5.97. The van der Waals surface area contributed by atoms with E-state index in [0.717, 1.165) is 22.3 Å². The molecule has 5 rings (SSSR count). The van der Waals surface area contributed by atoms with Gasteiger partial charge in [-0.1, -0.05) is 88.6 Å². The summed E-state index contributed by atoms with van der Waals surface area (Å²) in [7, 11) is 0. The molecule has 9 heteroatoms. The summed E-state index contributed by atoms with van der Waals surface area (Å²) in [4.78, 5) is 32.1. The Morgan fingerprint density at radius 1 is 1.07 bits per heavy atom. The molecule has 0 saturated heterocycles. The third kappa shape index (κ3) is 5.63. The highest BCUT2D eigenvalue weighted by atomic mass is 35.5. The largest absolute Gasteiger partial charge is 0.488 e. The van der Waals surface area contributed by atoms with E-state index in [0.29, 0.717) is 36.4 Å². The number of esters is 1. The number of allylic oxidation sites excluding steroid dienone is 1. The molecule has 0 saturated carbocycles. The molecule has 40 heavy (non-hydrogen) atoms. The molecule has 0 N–H and O–H groups in total. The summed E-state index contributed by atoms with van der Waals surface area (Å²) >= 11 is 13.6. The zero-order valence-corrected chi connectivity index (χ0v) is 24.4. The molecule has 0 aliphatic carbocycles. The van der Waals surface area contributed by atoms with Crippen LogP contribution in [0.1, 0.15) is 42.1 Å². The maximum Gasteiger partial charge on any atom is 0.338 e. The van der Waals surface area contributed by atoms with Crippen LogP contribution < -0.4 is 19.6 Å². The van der Waals surface area contributed by atoms with Gasteiger partial charge in [-0.25, -0.2) is 9.79 Å². The van der Waals surface area contributed by atoms with Crippen molar-refractivity contribution < 1.29 is 14.3 Å². The summed E-state index contributed by atoms with van der Waals surface area (Å²) in [6, 6.07) is 19.8. The Balaban J connectivity index is 1.59. The number of aryl methyl sites for hydroxylation is 1. The lowest BCUT2D eigenvalue weighted by atomic mass is 9.95. The van der Waals surface area contributed by atoms with Crippen molar-refractivity contribution in [3.05, 3.63) is 130 Å². The van der Waals surface area contributed by atoms with E-state index in [4.69, 9.17) is 32.7 Å². The van der Waals surface area contributed by atoms with Gasteiger partial charge in [-0.15, -0.1) is 0 Å². The lowest BCUT2D eigenvalue weighted by Gasteiger charge is -2.24. The summed E-state index contributed by atoms with van der Waals surface area (Å²) in [5.41, 5.74) is 4.03. The summed E-state index contributed by atoms with van der Waals surface area (Å²) in [6.07, 6.45) is 1.79. The number of rotatable bonds is 7. The monoisotopic (exact) mass is 592 g/mol. The SMILES string of the molecule is CCOC(=O)C1=C(C)N=c2s/c(=C\c3ccccc3OCc3ccc(Cl)cc3Cl)c(=O)n2C1c1ccc(C)cc1. The number of hydrogen-bond donors (Lipinski definition) is 0. The average molecular weight is 594 g/mol. The number of thiazole rings is 1. The molecule has 1 atom stereocenters. The van der Waals surface area contributed by atoms with Gasteiger partial charge >= 0.3 is 5.97 Å². The summed E-state index contributed by atoms with van der Waals surface area (Å²) in [5.74, 6) is 0.112. The van der Waals surface area contributed by atoms with Crippen LogP contribution in [0.4, 0.5) is 0 Å². The lowest BCUT2D eigenvalue weighted by molar-refractivity contribution is -0.139. The van der Waals surface area contributed by atoms with Crippen LogP contribution in [-0.4, -0.2) is 17.1 Å². The molecule has 4 aromatic rings. The molecular weight excluding hydrogens is 567 g/mol. The number of aromatic nitrogens is 1. The number of hydrogen-bond acceptors (Lipinski definition) is 6. The van der Waals surface area contributed by atoms with Gasteiger partial charge in [0.2, 0.25) is 0 Å². The van der Waals surface area contributed by atoms with E-state index in [1.54, 1.807) is 36.6 Å². The molecule has 1 aliphatic heterocycles. The number of halogens is 2. The van der Waals surface area contributed by atoms with Gasteiger partial charge in [0.1, 0.15) is 12.4 Å². The fraction of sp³-hybridized carbons (Fsp3) is 0.194. The molecule has 1 aliphatic rings. The van der Waals surface area contributed by atoms with Gasteiger partial charge < -0.3 is 9.47 Å². The number of nitrogens with zero attached hydrogens (tertiary/aromatic N) is 2. The molecule has 1 unspecified atom stereocenters. The third-order valence-corrected chi connectivity index (χ3v) is 8.08. The van der Waals surface area contributed by atoms with E-state index >= 15 is 0 Å². The van der Waals surface area contributed by atoms with Crippen molar-refractivity contribution in [3.8, 4) is 5.75 Å². The second kappa shape index (κ2) is 11.8. The molecular formula is C31H26Cl2N2O4S. The molecule has 1 aromatic heterocycles. The fourth-order valence-corrected chi connectivity index (χ4v) is 6.02. The zero-order chi connectivity index (χ0) is 28.4. The molecule has 0 bridgehead atoms. The number of carbonyl (C=O) groups is 1. The maximum absolute atomic E-state index is 13.9. The first-order valence-corrected chi connectivity index (χ1v) is 14.3. The Bertz CT molecular complexity index is 1810. The van der Waals surface area contributed by atoms with Crippen LogP contribution in [0.25, 0.3) is 6.08 Å². The summed E-state index contributed by atoms with van der Waals surface area (Å²) < 4.78 is 13.5. The van der Waals surface area contributed by atoms with Gasteiger partial charge in [-0.2, -0.15) is 0 Å². The maximum atomic E-state index is 13.9. The standard InChI is InChI=1S/C31H26Cl2N2O4S/c1-4-38-30(37)27-19(3)34-31-35(28(27)20-11-9-18(2)10-12-20)29(36)26(40-31)15-21-7-5-6-8-25(21)39-17-22-13-14-23(32)16-24(22)33/h5-16,28H,4,17H2,1-3H3/b26-15-. The molecule has 3 aromatic carbocycles. The Labute approximate surface area is 245 Å². The Hall–Kier alpha value is -3.65. The Kier molecular flexibility index (Phi) is 8.26. The van der Waals surface area contributed by atoms with Gasteiger partial charge in [0.05, 0.1) is 28.5 Å².